The third-order valence-corrected chi connectivity index (χ3v) is 7.22. The summed E-state index contributed by atoms with van der Waals surface area (Å²) in [4.78, 5) is 24.2. The summed E-state index contributed by atoms with van der Waals surface area (Å²) in [6, 6.07) is 0. The molecular weight excluding hydrogens is 396 g/mol. The molecule has 7 atom stereocenters. The van der Waals surface area contributed by atoms with Crippen molar-refractivity contribution in [2.24, 2.45) is 23.7 Å². The number of allylic oxidation sites excluding steroid dienone is 3. The van der Waals surface area contributed by atoms with E-state index in [1.807, 2.05) is 13.0 Å². The van der Waals surface area contributed by atoms with Crippen LogP contribution >= 0.6 is 0 Å². The van der Waals surface area contributed by atoms with Gasteiger partial charge >= 0.3 is 5.97 Å². The Morgan fingerprint density at radius 1 is 1.29 bits per heavy atom. The number of carbonyl (C=O) groups is 2. The SMILES string of the molecule is CC1=CC2CCCC(C)C2C(C(O)C2(C)OCC=C2C=CC(=O)O)C(C(=O)C(C)O)=C1. The molecule has 0 spiro atoms. The zero-order valence-corrected chi connectivity index (χ0v) is 18.7. The maximum atomic E-state index is 13.1. The van der Waals surface area contributed by atoms with Crippen LogP contribution in [0.15, 0.2) is 47.1 Å². The molecule has 0 radical (unpaired) electrons. The minimum absolute atomic E-state index is 0.0147. The van der Waals surface area contributed by atoms with E-state index in [9.17, 15) is 19.8 Å². The predicted molar refractivity (Wildman–Crippen MR) is 117 cm³/mol. The smallest absolute Gasteiger partial charge is 0.328 e. The maximum Gasteiger partial charge on any atom is 0.328 e. The van der Waals surface area contributed by atoms with Crippen LogP contribution in [0.1, 0.15) is 47.0 Å². The number of fused-ring (bicyclic) bond motifs is 1. The summed E-state index contributed by atoms with van der Waals surface area (Å²) in [6.07, 6.45) is 9.09. The van der Waals surface area contributed by atoms with Crippen molar-refractivity contribution in [2.45, 2.75) is 64.8 Å². The van der Waals surface area contributed by atoms with Gasteiger partial charge in [0.05, 0.1) is 12.7 Å². The molecule has 1 aliphatic heterocycles. The molecule has 3 aliphatic rings. The van der Waals surface area contributed by atoms with Gasteiger partial charge in [0.15, 0.2) is 5.78 Å². The molecule has 0 bridgehead atoms. The van der Waals surface area contributed by atoms with Gasteiger partial charge in [-0.3, -0.25) is 4.79 Å². The van der Waals surface area contributed by atoms with E-state index in [1.54, 1.807) is 13.0 Å². The number of carbonyl (C=O) groups excluding carboxylic acids is 1. The lowest BCUT2D eigenvalue weighted by Gasteiger charge is -2.46. The average molecular weight is 431 g/mol. The first kappa shape index (κ1) is 23.6. The number of aliphatic hydroxyl groups is 2. The molecular formula is C25H34O6. The van der Waals surface area contributed by atoms with E-state index in [2.05, 4.69) is 13.0 Å². The van der Waals surface area contributed by atoms with E-state index in [0.717, 1.165) is 30.9 Å². The van der Waals surface area contributed by atoms with Crippen LogP contribution in [0.5, 0.6) is 0 Å². The first-order chi connectivity index (χ1) is 14.6. The number of hydrogen-bond donors (Lipinski definition) is 3. The minimum Gasteiger partial charge on any atom is -0.478 e. The van der Waals surface area contributed by atoms with E-state index >= 15 is 0 Å². The zero-order chi connectivity index (χ0) is 22.9. The molecule has 0 aromatic heterocycles. The molecule has 0 saturated heterocycles. The lowest BCUT2D eigenvalue weighted by molar-refractivity contribution is -0.131. The van der Waals surface area contributed by atoms with Crippen LogP contribution in [0.3, 0.4) is 0 Å². The Balaban J connectivity index is 2.10. The van der Waals surface area contributed by atoms with Crippen molar-refractivity contribution in [3.8, 4) is 0 Å². The van der Waals surface area contributed by atoms with Crippen molar-refractivity contribution in [3.63, 3.8) is 0 Å². The molecule has 31 heavy (non-hydrogen) atoms. The number of carboxylic acids is 1. The number of rotatable bonds is 6. The van der Waals surface area contributed by atoms with Gasteiger partial charge in [-0.05, 0) is 56.6 Å². The molecule has 2 aliphatic carbocycles. The van der Waals surface area contributed by atoms with E-state index in [4.69, 9.17) is 9.84 Å². The van der Waals surface area contributed by atoms with Crippen molar-refractivity contribution in [3.05, 3.63) is 47.1 Å². The molecule has 0 amide bonds. The lowest BCUT2D eigenvalue weighted by atomic mass is 9.61. The fourth-order valence-electron chi connectivity index (χ4n) is 5.67. The lowest BCUT2D eigenvalue weighted by Crippen LogP contribution is -2.52. The Kier molecular flexibility index (Phi) is 7.04. The highest BCUT2D eigenvalue weighted by molar-refractivity contribution is 5.99. The molecule has 6 nitrogen and oxygen atoms in total. The molecule has 1 fully saturated rings. The molecule has 0 aromatic rings. The molecule has 7 unspecified atom stereocenters. The van der Waals surface area contributed by atoms with E-state index in [0.29, 0.717) is 11.1 Å². The third kappa shape index (κ3) is 4.61. The molecule has 6 heteroatoms. The van der Waals surface area contributed by atoms with E-state index < -0.39 is 29.7 Å². The van der Waals surface area contributed by atoms with Gasteiger partial charge in [-0.15, -0.1) is 0 Å². The van der Waals surface area contributed by atoms with Gasteiger partial charge < -0.3 is 20.1 Å². The molecule has 1 saturated carbocycles. The number of aliphatic carboxylic acids is 1. The first-order valence-corrected chi connectivity index (χ1v) is 11.1. The number of carboxylic acid groups (broad SMARTS) is 1. The molecule has 1 heterocycles. The number of ether oxygens (including phenoxy) is 1. The van der Waals surface area contributed by atoms with Gasteiger partial charge in [0.25, 0.3) is 0 Å². The second-order valence-corrected chi connectivity index (χ2v) is 9.42. The highest BCUT2D eigenvalue weighted by Gasteiger charge is 2.51. The Bertz CT molecular complexity index is 848. The van der Waals surface area contributed by atoms with Crippen molar-refractivity contribution in [2.75, 3.05) is 6.61 Å². The summed E-state index contributed by atoms with van der Waals surface area (Å²) in [7, 11) is 0. The molecule has 170 valence electrons. The molecule has 3 N–H and O–H groups in total. The van der Waals surface area contributed by atoms with Gasteiger partial charge in [0.1, 0.15) is 11.7 Å². The van der Waals surface area contributed by atoms with Gasteiger partial charge in [-0.1, -0.05) is 43.6 Å². The normalized spacial score (nSPS) is 35.5. The quantitative estimate of drug-likeness (QED) is 0.559. The van der Waals surface area contributed by atoms with E-state index in [1.165, 1.54) is 13.0 Å². The Hall–Kier alpha value is -2.02. The summed E-state index contributed by atoms with van der Waals surface area (Å²) < 4.78 is 5.97. The van der Waals surface area contributed by atoms with Crippen molar-refractivity contribution < 1.29 is 29.6 Å². The maximum absolute atomic E-state index is 13.1. The third-order valence-electron chi connectivity index (χ3n) is 7.22. The summed E-state index contributed by atoms with van der Waals surface area (Å²) in [5.74, 6) is -1.50. The number of Topliss-reactive ketones (excluding diaryl/α,β-unsaturated/α-hetero) is 1. The largest absolute Gasteiger partial charge is 0.478 e. The van der Waals surface area contributed by atoms with Gasteiger partial charge in [0.2, 0.25) is 0 Å². The van der Waals surface area contributed by atoms with Crippen LogP contribution in [0.2, 0.25) is 0 Å². The van der Waals surface area contributed by atoms with Crippen LogP contribution in [0, 0.1) is 23.7 Å². The van der Waals surface area contributed by atoms with Crippen LogP contribution in [-0.2, 0) is 14.3 Å². The number of aliphatic hydroxyl groups excluding tert-OH is 2. The van der Waals surface area contributed by atoms with Crippen molar-refractivity contribution in [1.29, 1.82) is 0 Å². The van der Waals surface area contributed by atoms with Crippen molar-refractivity contribution >= 4 is 11.8 Å². The Morgan fingerprint density at radius 3 is 2.65 bits per heavy atom. The van der Waals surface area contributed by atoms with Gasteiger partial charge in [-0.25, -0.2) is 4.79 Å². The summed E-state index contributed by atoms with van der Waals surface area (Å²) in [5.41, 5.74) is 0.812. The predicted octanol–water partition coefficient (Wildman–Crippen LogP) is 3.21. The fraction of sp³-hybridized carbons (Fsp3) is 0.600. The minimum atomic E-state index is -1.18. The molecule has 0 aromatic carbocycles. The Morgan fingerprint density at radius 2 is 2.00 bits per heavy atom. The summed E-state index contributed by atoms with van der Waals surface area (Å²) in [5, 5.41) is 31.0. The van der Waals surface area contributed by atoms with E-state index in [-0.39, 0.29) is 30.1 Å². The highest BCUT2D eigenvalue weighted by atomic mass is 16.5. The summed E-state index contributed by atoms with van der Waals surface area (Å²) >= 11 is 0. The summed E-state index contributed by atoms with van der Waals surface area (Å²) in [6.45, 7) is 7.57. The average Bonchev–Trinajstić information content (AvgIpc) is 3.00. The molecule has 3 rings (SSSR count). The monoisotopic (exact) mass is 430 g/mol. The topological polar surface area (TPSA) is 104 Å². The highest BCUT2D eigenvalue weighted by Crippen LogP contribution is 2.49. The zero-order valence-electron chi connectivity index (χ0n) is 18.7. The Labute approximate surface area is 184 Å². The van der Waals surface area contributed by atoms with Crippen LogP contribution < -0.4 is 0 Å². The number of ketones is 1. The van der Waals surface area contributed by atoms with Crippen LogP contribution in [-0.4, -0.2) is 51.5 Å². The van der Waals surface area contributed by atoms with Gasteiger partial charge in [-0.2, -0.15) is 0 Å². The second kappa shape index (κ2) is 9.23. The van der Waals surface area contributed by atoms with Crippen molar-refractivity contribution in [1.82, 2.24) is 0 Å². The fourth-order valence-corrected chi connectivity index (χ4v) is 5.67. The second-order valence-electron chi connectivity index (χ2n) is 9.42. The number of hydrogen-bond acceptors (Lipinski definition) is 5. The van der Waals surface area contributed by atoms with Gasteiger partial charge in [0, 0.05) is 17.6 Å². The van der Waals surface area contributed by atoms with Crippen LogP contribution in [0.25, 0.3) is 0 Å². The van der Waals surface area contributed by atoms with Crippen LogP contribution in [0.4, 0.5) is 0 Å². The standard InChI is InChI=1S/C25H34O6/c1-14-12-17-7-5-6-15(2)21(17)22(19(13-14)23(29)16(3)26)24(30)25(4)18(10-11-31-25)8-9-20(27)28/h8-10,12-13,15-17,21-22,24,26,30H,5-7,11H2,1-4H3,(H,27,28). The first-order valence-electron chi connectivity index (χ1n) is 11.1.